The largest absolute Gasteiger partial charge is 0.411 e. The molecule has 0 spiro atoms. The number of nitrogens with zero attached hydrogens (tertiary/aromatic N) is 1. The van der Waals surface area contributed by atoms with Crippen LogP contribution >= 0.6 is 0 Å². The summed E-state index contributed by atoms with van der Waals surface area (Å²) < 4.78 is 0. The van der Waals surface area contributed by atoms with E-state index >= 15 is 0 Å². The number of hydrogen-bond acceptors (Lipinski definition) is 2. The first-order chi connectivity index (χ1) is 9.68. The molecule has 1 N–H and O–H groups in total. The maximum atomic E-state index is 9.66. The molecule has 116 valence electrons. The minimum absolute atomic E-state index is 0.145. The number of hydrogen-bond donors (Lipinski definition) is 1. The maximum Gasteiger partial charge on any atom is 0.0660 e. The van der Waals surface area contributed by atoms with Crippen LogP contribution in [0, 0.1) is 17.3 Å². The fourth-order valence-corrected chi connectivity index (χ4v) is 4.67. The van der Waals surface area contributed by atoms with Crippen LogP contribution in [0.1, 0.15) is 90.9 Å². The van der Waals surface area contributed by atoms with Gasteiger partial charge < -0.3 is 5.21 Å². The molecule has 2 nitrogen and oxygen atoms in total. The van der Waals surface area contributed by atoms with Crippen molar-refractivity contribution in [2.75, 3.05) is 0 Å². The summed E-state index contributed by atoms with van der Waals surface area (Å²) in [6.45, 7) is 4.66. The van der Waals surface area contributed by atoms with Crippen LogP contribution in [0.15, 0.2) is 5.16 Å². The molecule has 0 amide bonds. The van der Waals surface area contributed by atoms with Crippen molar-refractivity contribution in [3.63, 3.8) is 0 Å². The van der Waals surface area contributed by atoms with E-state index in [1.807, 2.05) is 0 Å². The summed E-state index contributed by atoms with van der Waals surface area (Å²) in [6.07, 6.45) is 16.0. The minimum atomic E-state index is 0.145. The Hall–Kier alpha value is -0.530. The zero-order valence-corrected chi connectivity index (χ0v) is 13.5. The molecule has 2 saturated carbocycles. The Balaban J connectivity index is 2.20. The Morgan fingerprint density at radius 3 is 2.10 bits per heavy atom. The van der Waals surface area contributed by atoms with E-state index in [2.05, 4.69) is 19.0 Å². The van der Waals surface area contributed by atoms with Crippen molar-refractivity contribution in [1.29, 1.82) is 0 Å². The average Bonchev–Trinajstić information content (AvgIpc) is 2.36. The summed E-state index contributed by atoms with van der Waals surface area (Å²) in [5.74, 6) is 1.19. The number of oxime groups is 1. The molecule has 20 heavy (non-hydrogen) atoms. The molecule has 2 heteroatoms. The van der Waals surface area contributed by atoms with E-state index < -0.39 is 0 Å². The van der Waals surface area contributed by atoms with Crippen LogP contribution in [0.2, 0.25) is 0 Å². The van der Waals surface area contributed by atoms with Crippen LogP contribution in [0.25, 0.3) is 0 Å². The van der Waals surface area contributed by atoms with Crippen LogP contribution in [-0.2, 0) is 0 Å². The highest BCUT2D eigenvalue weighted by Gasteiger charge is 2.41. The molecule has 2 fully saturated rings. The van der Waals surface area contributed by atoms with Crippen molar-refractivity contribution in [1.82, 2.24) is 0 Å². The van der Waals surface area contributed by atoms with Crippen LogP contribution in [0.5, 0.6) is 0 Å². The monoisotopic (exact) mass is 279 g/mol. The third-order valence-electron chi connectivity index (χ3n) is 6.00. The van der Waals surface area contributed by atoms with Gasteiger partial charge in [0.25, 0.3) is 0 Å². The van der Waals surface area contributed by atoms with Crippen molar-refractivity contribution < 1.29 is 5.21 Å². The molecule has 0 aromatic heterocycles. The molecule has 0 aromatic rings. The molecule has 2 unspecified atom stereocenters. The third kappa shape index (κ3) is 3.56. The predicted octanol–water partition coefficient (Wildman–Crippen LogP) is 5.78. The Labute approximate surface area is 125 Å². The Morgan fingerprint density at radius 1 is 0.900 bits per heavy atom. The van der Waals surface area contributed by atoms with Crippen LogP contribution in [-0.4, -0.2) is 10.9 Å². The molecule has 2 rings (SSSR count). The van der Waals surface area contributed by atoms with E-state index in [1.54, 1.807) is 0 Å². The lowest BCUT2D eigenvalue weighted by Crippen LogP contribution is -2.40. The normalized spacial score (nSPS) is 36.9. The first-order valence-electron chi connectivity index (χ1n) is 8.91. The Bertz CT molecular complexity index is 317. The molecule has 2 aliphatic carbocycles. The van der Waals surface area contributed by atoms with Gasteiger partial charge in [0.1, 0.15) is 0 Å². The van der Waals surface area contributed by atoms with Gasteiger partial charge in [0.15, 0.2) is 0 Å². The van der Waals surface area contributed by atoms with Crippen molar-refractivity contribution in [3.8, 4) is 0 Å². The molecule has 0 aromatic carbocycles. The summed E-state index contributed by atoms with van der Waals surface area (Å²) in [6, 6.07) is 0. The van der Waals surface area contributed by atoms with E-state index in [9.17, 15) is 5.21 Å². The molecule has 2 aliphatic rings. The molecule has 0 saturated heterocycles. The molecular formula is C18H33NO. The number of rotatable bonds is 1. The van der Waals surface area contributed by atoms with Gasteiger partial charge in [0.05, 0.1) is 5.71 Å². The first kappa shape index (κ1) is 15.9. The van der Waals surface area contributed by atoms with Crippen LogP contribution < -0.4 is 0 Å². The first-order valence-corrected chi connectivity index (χ1v) is 8.91. The average molecular weight is 279 g/mol. The SMILES string of the molecule is CC1CCCCCC(C)(C2CCCCCCC2)C1=NO. The highest BCUT2D eigenvalue weighted by Crippen LogP contribution is 2.45. The van der Waals surface area contributed by atoms with Gasteiger partial charge in [0, 0.05) is 5.41 Å². The highest BCUT2D eigenvalue weighted by molar-refractivity contribution is 5.91. The molecule has 0 aliphatic heterocycles. The van der Waals surface area contributed by atoms with Crippen LogP contribution in [0.3, 0.4) is 0 Å². The van der Waals surface area contributed by atoms with Crippen molar-refractivity contribution >= 4 is 5.71 Å². The van der Waals surface area contributed by atoms with Gasteiger partial charge in [-0.25, -0.2) is 0 Å². The van der Waals surface area contributed by atoms with Gasteiger partial charge in [-0.3, -0.25) is 0 Å². The van der Waals surface area contributed by atoms with Crippen molar-refractivity contribution in [2.24, 2.45) is 22.4 Å². The third-order valence-corrected chi connectivity index (χ3v) is 6.00. The second kappa shape index (κ2) is 7.47. The summed E-state index contributed by atoms with van der Waals surface area (Å²) in [7, 11) is 0. The van der Waals surface area contributed by atoms with E-state index in [0.29, 0.717) is 5.92 Å². The van der Waals surface area contributed by atoms with Gasteiger partial charge in [-0.05, 0) is 37.5 Å². The van der Waals surface area contributed by atoms with Crippen molar-refractivity contribution in [3.05, 3.63) is 0 Å². The second-order valence-electron chi connectivity index (χ2n) is 7.45. The summed E-state index contributed by atoms with van der Waals surface area (Å²) in [5, 5.41) is 13.5. The fraction of sp³-hybridized carbons (Fsp3) is 0.944. The second-order valence-corrected chi connectivity index (χ2v) is 7.45. The Kier molecular flexibility index (Phi) is 5.92. The van der Waals surface area contributed by atoms with E-state index in [4.69, 9.17) is 0 Å². The minimum Gasteiger partial charge on any atom is -0.411 e. The zero-order chi connectivity index (χ0) is 14.4. The lowest BCUT2D eigenvalue weighted by Gasteiger charge is -2.42. The topological polar surface area (TPSA) is 32.6 Å². The fourth-order valence-electron chi connectivity index (χ4n) is 4.67. The lowest BCUT2D eigenvalue weighted by molar-refractivity contribution is 0.183. The maximum absolute atomic E-state index is 9.66. The van der Waals surface area contributed by atoms with Gasteiger partial charge in [-0.2, -0.15) is 0 Å². The molecular weight excluding hydrogens is 246 g/mol. The van der Waals surface area contributed by atoms with Gasteiger partial charge >= 0.3 is 0 Å². The van der Waals surface area contributed by atoms with Gasteiger partial charge in [-0.1, -0.05) is 70.4 Å². The summed E-state index contributed by atoms with van der Waals surface area (Å²) >= 11 is 0. The molecule has 0 bridgehead atoms. The van der Waals surface area contributed by atoms with Gasteiger partial charge in [0.2, 0.25) is 0 Å². The van der Waals surface area contributed by atoms with E-state index in [0.717, 1.165) is 11.6 Å². The Morgan fingerprint density at radius 2 is 1.45 bits per heavy atom. The van der Waals surface area contributed by atoms with E-state index in [-0.39, 0.29) is 5.41 Å². The standard InChI is InChI=1S/C18H33NO/c1-15-11-7-6-10-14-18(2,17(15)19-20)16-12-8-4-3-5-9-13-16/h15-16,20H,3-14H2,1-2H3. The van der Waals surface area contributed by atoms with Gasteiger partial charge in [-0.15, -0.1) is 0 Å². The smallest absolute Gasteiger partial charge is 0.0660 e. The van der Waals surface area contributed by atoms with E-state index in [1.165, 1.54) is 77.0 Å². The summed E-state index contributed by atoms with van der Waals surface area (Å²) in [4.78, 5) is 0. The van der Waals surface area contributed by atoms with Crippen molar-refractivity contribution in [2.45, 2.75) is 90.9 Å². The molecule has 0 radical (unpaired) electrons. The summed E-state index contributed by atoms with van der Waals surface area (Å²) in [5.41, 5.74) is 1.26. The van der Waals surface area contributed by atoms with Crippen LogP contribution in [0.4, 0.5) is 0 Å². The molecule has 2 atom stereocenters. The lowest BCUT2D eigenvalue weighted by atomic mass is 9.62. The molecule has 0 heterocycles. The quantitative estimate of drug-likeness (QED) is 0.478. The zero-order valence-electron chi connectivity index (χ0n) is 13.5. The predicted molar refractivity (Wildman–Crippen MR) is 85.4 cm³/mol. The highest BCUT2D eigenvalue weighted by atomic mass is 16.4.